The highest BCUT2D eigenvalue weighted by atomic mass is 15.2. The summed E-state index contributed by atoms with van der Waals surface area (Å²) in [6, 6.07) is 8.75. The van der Waals surface area contributed by atoms with Crippen molar-refractivity contribution in [1.29, 1.82) is 0 Å². The van der Waals surface area contributed by atoms with E-state index < -0.39 is 0 Å². The maximum atomic E-state index is 4.67. The molecule has 0 radical (unpaired) electrons. The second-order valence-corrected chi connectivity index (χ2v) is 6.46. The molecule has 1 unspecified atom stereocenters. The molecular weight excluding hydrogens is 248 g/mol. The Kier molecular flexibility index (Phi) is 3.42. The minimum Gasteiger partial charge on any atom is -0.354 e. The van der Waals surface area contributed by atoms with Crippen LogP contribution in [0, 0.1) is 5.41 Å². The second-order valence-electron chi connectivity index (χ2n) is 6.46. The Balaban J connectivity index is 1.75. The number of benzene rings is 1. The average molecular weight is 272 g/mol. The zero-order chi connectivity index (χ0) is 14.2. The third-order valence-electron chi connectivity index (χ3n) is 4.58. The van der Waals surface area contributed by atoms with Gasteiger partial charge in [0.25, 0.3) is 0 Å². The first-order valence-corrected chi connectivity index (χ1v) is 7.47. The zero-order valence-corrected chi connectivity index (χ0v) is 12.6. The van der Waals surface area contributed by atoms with E-state index in [2.05, 4.69) is 59.3 Å². The molecule has 0 saturated carbocycles. The Labute approximate surface area is 120 Å². The van der Waals surface area contributed by atoms with Crippen molar-refractivity contribution >= 4 is 17.0 Å². The van der Waals surface area contributed by atoms with Crippen molar-refractivity contribution in [2.75, 3.05) is 18.4 Å². The number of anilines is 1. The highest BCUT2D eigenvalue weighted by molar-refractivity contribution is 5.78. The number of nitrogens with one attached hydrogen (secondary N) is 2. The Bertz CT molecular complexity index is 600. The van der Waals surface area contributed by atoms with Gasteiger partial charge >= 0.3 is 0 Å². The smallest absolute Gasteiger partial charge is 0.203 e. The minimum atomic E-state index is 0.343. The Morgan fingerprint density at radius 1 is 1.40 bits per heavy atom. The number of aryl methyl sites for hydroxylation is 1. The van der Waals surface area contributed by atoms with Gasteiger partial charge in [0.2, 0.25) is 5.95 Å². The number of rotatable bonds is 3. The molecule has 2 N–H and O–H groups in total. The van der Waals surface area contributed by atoms with Gasteiger partial charge in [0.05, 0.1) is 11.0 Å². The van der Waals surface area contributed by atoms with Crippen LogP contribution in [-0.4, -0.2) is 28.7 Å². The summed E-state index contributed by atoms with van der Waals surface area (Å²) >= 11 is 0. The molecule has 1 saturated heterocycles. The standard InChI is InChI=1S/C16H24N4/c1-16(2)9-6-10-17-14(16)11-18-15-19-12-7-4-5-8-13(12)20(15)3/h4-5,7-8,14,17H,6,9-11H2,1-3H3,(H,18,19). The molecule has 1 aromatic carbocycles. The zero-order valence-electron chi connectivity index (χ0n) is 12.6. The summed E-state index contributed by atoms with van der Waals surface area (Å²) in [6.45, 7) is 6.74. The lowest BCUT2D eigenvalue weighted by Crippen LogP contribution is -2.50. The largest absolute Gasteiger partial charge is 0.354 e. The summed E-state index contributed by atoms with van der Waals surface area (Å²) < 4.78 is 2.13. The van der Waals surface area contributed by atoms with E-state index in [0.29, 0.717) is 11.5 Å². The molecule has 0 amide bonds. The van der Waals surface area contributed by atoms with Gasteiger partial charge in [-0.2, -0.15) is 0 Å². The van der Waals surface area contributed by atoms with E-state index >= 15 is 0 Å². The van der Waals surface area contributed by atoms with E-state index in [-0.39, 0.29) is 0 Å². The second kappa shape index (κ2) is 5.09. The summed E-state index contributed by atoms with van der Waals surface area (Å²) in [5, 5.41) is 7.15. The summed E-state index contributed by atoms with van der Waals surface area (Å²) in [5.74, 6) is 0.953. The van der Waals surface area contributed by atoms with Gasteiger partial charge in [0.15, 0.2) is 0 Å². The molecule has 1 fully saturated rings. The molecule has 1 aliphatic rings. The van der Waals surface area contributed by atoms with Gasteiger partial charge in [-0.3, -0.25) is 0 Å². The highest BCUT2D eigenvalue weighted by Gasteiger charge is 2.31. The first kappa shape index (κ1) is 13.4. The Hall–Kier alpha value is -1.55. The molecule has 4 heteroatoms. The number of para-hydroxylation sites is 2. The highest BCUT2D eigenvalue weighted by Crippen LogP contribution is 2.30. The molecular formula is C16H24N4. The summed E-state index contributed by atoms with van der Waals surface area (Å²) in [6.07, 6.45) is 2.56. The Morgan fingerprint density at radius 2 is 2.20 bits per heavy atom. The van der Waals surface area contributed by atoms with E-state index in [1.165, 1.54) is 18.4 Å². The lowest BCUT2D eigenvalue weighted by Gasteiger charge is -2.39. The minimum absolute atomic E-state index is 0.343. The molecule has 2 aromatic rings. The van der Waals surface area contributed by atoms with Gasteiger partial charge in [-0.05, 0) is 36.9 Å². The quantitative estimate of drug-likeness (QED) is 0.903. The SMILES string of the molecule is Cn1c(NCC2NCCCC2(C)C)nc2ccccc21. The van der Waals surface area contributed by atoms with Crippen molar-refractivity contribution in [3.05, 3.63) is 24.3 Å². The van der Waals surface area contributed by atoms with E-state index in [0.717, 1.165) is 24.6 Å². The average Bonchev–Trinajstić information content (AvgIpc) is 2.74. The van der Waals surface area contributed by atoms with Gasteiger partial charge in [-0.25, -0.2) is 4.98 Å². The van der Waals surface area contributed by atoms with E-state index in [9.17, 15) is 0 Å². The molecule has 4 nitrogen and oxygen atoms in total. The van der Waals surface area contributed by atoms with Gasteiger partial charge < -0.3 is 15.2 Å². The monoisotopic (exact) mass is 272 g/mol. The van der Waals surface area contributed by atoms with Crippen molar-refractivity contribution in [1.82, 2.24) is 14.9 Å². The molecule has 108 valence electrons. The molecule has 1 atom stereocenters. The first-order chi connectivity index (χ1) is 9.58. The van der Waals surface area contributed by atoms with Crippen molar-refractivity contribution in [2.24, 2.45) is 12.5 Å². The predicted octanol–water partition coefficient (Wildman–Crippen LogP) is 2.76. The number of imidazole rings is 1. The van der Waals surface area contributed by atoms with Crippen LogP contribution in [0.4, 0.5) is 5.95 Å². The third kappa shape index (κ3) is 2.40. The summed E-state index contributed by atoms with van der Waals surface area (Å²) in [4.78, 5) is 4.67. The van der Waals surface area contributed by atoms with Crippen LogP contribution in [0.5, 0.6) is 0 Å². The summed E-state index contributed by atoms with van der Waals surface area (Å²) in [5.41, 5.74) is 2.56. The van der Waals surface area contributed by atoms with Crippen LogP contribution in [0.25, 0.3) is 11.0 Å². The van der Waals surface area contributed by atoms with Crippen molar-refractivity contribution < 1.29 is 0 Å². The molecule has 1 aliphatic heterocycles. The van der Waals surface area contributed by atoms with Crippen molar-refractivity contribution in [3.63, 3.8) is 0 Å². The van der Waals surface area contributed by atoms with Gasteiger partial charge in [0.1, 0.15) is 0 Å². The van der Waals surface area contributed by atoms with E-state index in [4.69, 9.17) is 0 Å². The van der Waals surface area contributed by atoms with Gasteiger partial charge in [-0.1, -0.05) is 26.0 Å². The molecule has 0 spiro atoms. The van der Waals surface area contributed by atoms with E-state index in [1.54, 1.807) is 0 Å². The molecule has 20 heavy (non-hydrogen) atoms. The van der Waals surface area contributed by atoms with Gasteiger partial charge in [0, 0.05) is 19.6 Å². The fraction of sp³-hybridized carbons (Fsp3) is 0.562. The maximum absolute atomic E-state index is 4.67. The van der Waals surface area contributed by atoms with Crippen LogP contribution >= 0.6 is 0 Å². The molecule has 1 aromatic heterocycles. The number of fused-ring (bicyclic) bond motifs is 1. The fourth-order valence-corrected chi connectivity index (χ4v) is 3.12. The number of piperidine rings is 1. The van der Waals surface area contributed by atoms with Crippen LogP contribution in [0.2, 0.25) is 0 Å². The van der Waals surface area contributed by atoms with Crippen LogP contribution in [-0.2, 0) is 7.05 Å². The molecule has 0 bridgehead atoms. The normalized spacial score (nSPS) is 22.1. The topological polar surface area (TPSA) is 41.9 Å². The number of hydrogen-bond acceptors (Lipinski definition) is 3. The Morgan fingerprint density at radius 3 is 2.95 bits per heavy atom. The third-order valence-corrected chi connectivity index (χ3v) is 4.58. The van der Waals surface area contributed by atoms with Crippen molar-refractivity contribution in [2.45, 2.75) is 32.7 Å². The molecule has 2 heterocycles. The number of hydrogen-bond donors (Lipinski definition) is 2. The van der Waals surface area contributed by atoms with Gasteiger partial charge in [-0.15, -0.1) is 0 Å². The first-order valence-electron chi connectivity index (χ1n) is 7.47. The van der Waals surface area contributed by atoms with Crippen LogP contribution in [0.3, 0.4) is 0 Å². The number of nitrogens with zero attached hydrogens (tertiary/aromatic N) is 2. The maximum Gasteiger partial charge on any atom is 0.203 e. The fourth-order valence-electron chi connectivity index (χ4n) is 3.12. The summed E-state index contributed by atoms with van der Waals surface area (Å²) in [7, 11) is 2.07. The van der Waals surface area contributed by atoms with Crippen LogP contribution in [0.1, 0.15) is 26.7 Å². The van der Waals surface area contributed by atoms with Crippen LogP contribution < -0.4 is 10.6 Å². The molecule has 3 rings (SSSR count). The van der Waals surface area contributed by atoms with Crippen molar-refractivity contribution in [3.8, 4) is 0 Å². The number of aromatic nitrogens is 2. The van der Waals surface area contributed by atoms with Crippen LogP contribution in [0.15, 0.2) is 24.3 Å². The lowest BCUT2D eigenvalue weighted by atomic mass is 9.77. The van der Waals surface area contributed by atoms with E-state index in [1.807, 2.05) is 6.07 Å². The molecule has 0 aliphatic carbocycles. The lowest BCUT2D eigenvalue weighted by molar-refractivity contribution is 0.188. The predicted molar refractivity (Wildman–Crippen MR) is 84.0 cm³/mol.